The molecule has 5 atom stereocenters. The van der Waals surface area contributed by atoms with Crippen molar-refractivity contribution in [3.8, 4) is 0 Å². The van der Waals surface area contributed by atoms with E-state index in [0.717, 1.165) is 0 Å². The molecule has 104 valence electrons. The maximum atomic E-state index is 11.9. The largest absolute Gasteiger partial charge is 0.388 e. The third kappa shape index (κ3) is 1.37. The van der Waals surface area contributed by atoms with Gasteiger partial charge in [-0.1, -0.05) is 20.1 Å². The van der Waals surface area contributed by atoms with Crippen LogP contribution in [0.15, 0.2) is 24.8 Å². The van der Waals surface area contributed by atoms with Gasteiger partial charge < -0.3 is 26.0 Å². The van der Waals surface area contributed by atoms with Gasteiger partial charge in [0.25, 0.3) is 0 Å². The molecule has 3 aliphatic heterocycles. The Labute approximate surface area is 112 Å². The molecular weight excluding hydrogens is 244 g/mol. The van der Waals surface area contributed by atoms with Crippen molar-refractivity contribution in [3.05, 3.63) is 24.8 Å². The first kappa shape index (κ1) is 12.3. The number of Topliss-reactive ketones (excluding diaryl/α,β-unsaturated/α-hetero) is 1. The SMILES string of the molecule is C=C1NC2[C@H](C(C)=O)NC(=C)N3C[C@H](C)[C@H](O)C23N1. The number of aliphatic hydroxyl groups excluding tert-OH is 1. The van der Waals surface area contributed by atoms with Crippen LogP contribution < -0.4 is 16.0 Å². The minimum Gasteiger partial charge on any atom is -0.388 e. The van der Waals surface area contributed by atoms with Crippen molar-refractivity contribution in [2.75, 3.05) is 6.54 Å². The zero-order chi connectivity index (χ0) is 13.9. The van der Waals surface area contributed by atoms with Crippen LogP contribution in [0.3, 0.4) is 0 Å². The van der Waals surface area contributed by atoms with E-state index in [1.54, 1.807) is 6.92 Å². The van der Waals surface area contributed by atoms with Crippen molar-refractivity contribution in [1.29, 1.82) is 0 Å². The summed E-state index contributed by atoms with van der Waals surface area (Å²) in [4.78, 5) is 13.9. The van der Waals surface area contributed by atoms with E-state index in [2.05, 4.69) is 29.1 Å². The van der Waals surface area contributed by atoms with Crippen LogP contribution in [-0.2, 0) is 4.79 Å². The standard InChI is InChI=1S/C13H20N4O2/c1-6-5-17-9(4)15-10(7(2)18)11-13(17,12(6)19)16-8(3)14-11/h6,10-12,14-16,19H,3-5H2,1-2H3/t6-,10-,11?,12-,13?/m0/s1. The van der Waals surface area contributed by atoms with Crippen molar-refractivity contribution in [2.24, 2.45) is 5.92 Å². The number of nitrogens with zero attached hydrogens (tertiary/aromatic N) is 1. The molecule has 3 aliphatic rings. The van der Waals surface area contributed by atoms with E-state index >= 15 is 0 Å². The van der Waals surface area contributed by atoms with Gasteiger partial charge in [-0.2, -0.15) is 0 Å². The molecule has 0 saturated carbocycles. The summed E-state index contributed by atoms with van der Waals surface area (Å²) in [5.74, 6) is 1.41. The number of rotatable bonds is 1. The lowest BCUT2D eigenvalue weighted by molar-refractivity contribution is -0.122. The molecule has 3 fully saturated rings. The van der Waals surface area contributed by atoms with Crippen molar-refractivity contribution in [1.82, 2.24) is 20.9 Å². The van der Waals surface area contributed by atoms with Gasteiger partial charge in [-0.3, -0.25) is 4.79 Å². The van der Waals surface area contributed by atoms with E-state index in [1.165, 1.54) is 0 Å². The highest BCUT2D eigenvalue weighted by molar-refractivity contribution is 5.83. The molecule has 0 amide bonds. The van der Waals surface area contributed by atoms with Crippen LogP contribution in [0.5, 0.6) is 0 Å². The average Bonchev–Trinajstić information content (AvgIpc) is 2.79. The smallest absolute Gasteiger partial charge is 0.163 e. The second-order valence-corrected chi connectivity index (χ2v) is 5.76. The van der Waals surface area contributed by atoms with Crippen LogP contribution in [0.1, 0.15) is 13.8 Å². The molecule has 0 aromatic rings. The fourth-order valence-corrected chi connectivity index (χ4v) is 3.63. The lowest BCUT2D eigenvalue weighted by Crippen LogP contribution is -2.74. The Morgan fingerprint density at radius 3 is 2.79 bits per heavy atom. The van der Waals surface area contributed by atoms with Gasteiger partial charge in [0, 0.05) is 12.5 Å². The molecular formula is C13H20N4O2. The van der Waals surface area contributed by atoms with Crippen LogP contribution in [0.2, 0.25) is 0 Å². The van der Waals surface area contributed by atoms with Crippen LogP contribution in [0.4, 0.5) is 0 Å². The van der Waals surface area contributed by atoms with Gasteiger partial charge in [0.15, 0.2) is 11.4 Å². The third-order valence-corrected chi connectivity index (χ3v) is 4.48. The van der Waals surface area contributed by atoms with Crippen molar-refractivity contribution < 1.29 is 9.90 Å². The van der Waals surface area contributed by atoms with Gasteiger partial charge >= 0.3 is 0 Å². The van der Waals surface area contributed by atoms with Crippen molar-refractivity contribution >= 4 is 5.78 Å². The van der Waals surface area contributed by atoms with E-state index in [9.17, 15) is 9.90 Å². The van der Waals surface area contributed by atoms with Gasteiger partial charge in [0.05, 0.1) is 17.7 Å². The van der Waals surface area contributed by atoms with E-state index in [0.29, 0.717) is 18.2 Å². The van der Waals surface area contributed by atoms with Crippen molar-refractivity contribution in [3.63, 3.8) is 0 Å². The molecule has 2 unspecified atom stereocenters. The Balaban J connectivity index is 2.10. The summed E-state index contributed by atoms with van der Waals surface area (Å²) in [6.45, 7) is 12.1. The highest BCUT2D eigenvalue weighted by Gasteiger charge is 2.65. The van der Waals surface area contributed by atoms with E-state index in [1.807, 2.05) is 11.8 Å². The molecule has 19 heavy (non-hydrogen) atoms. The van der Waals surface area contributed by atoms with Crippen LogP contribution >= 0.6 is 0 Å². The molecule has 3 saturated heterocycles. The van der Waals surface area contributed by atoms with Crippen LogP contribution in [0.25, 0.3) is 0 Å². The molecule has 0 aromatic heterocycles. The minimum absolute atomic E-state index is 0.0147. The summed E-state index contributed by atoms with van der Waals surface area (Å²) in [7, 11) is 0. The number of hydrogen-bond donors (Lipinski definition) is 4. The lowest BCUT2D eigenvalue weighted by Gasteiger charge is -2.50. The van der Waals surface area contributed by atoms with Gasteiger partial charge in [-0.25, -0.2) is 0 Å². The Morgan fingerprint density at radius 1 is 1.47 bits per heavy atom. The Morgan fingerprint density at radius 2 is 2.16 bits per heavy atom. The summed E-state index contributed by atoms with van der Waals surface area (Å²) < 4.78 is 0. The fraction of sp³-hybridized carbons (Fsp3) is 0.615. The molecule has 3 heterocycles. The molecule has 0 radical (unpaired) electrons. The Hall–Kier alpha value is -1.69. The predicted octanol–water partition coefficient (Wildman–Crippen LogP) is -0.940. The summed E-state index contributed by atoms with van der Waals surface area (Å²) in [6, 6.07) is -0.682. The second-order valence-electron chi connectivity index (χ2n) is 5.76. The van der Waals surface area contributed by atoms with Crippen LogP contribution in [0, 0.1) is 5.92 Å². The number of aliphatic hydroxyl groups is 1. The number of hydrogen-bond acceptors (Lipinski definition) is 6. The molecule has 4 N–H and O–H groups in total. The summed E-state index contributed by atoms with van der Waals surface area (Å²) in [5.41, 5.74) is -0.727. The molecule has 3 rings (SSSR count). The zero-order valence-corrected chi connectivity index (χ0v) is 11.2. The second kappa shape index (κ2) is 3.66. The minimum atomic E-state index is -0.727. The Kier molecular flexibility index (Phi) is 2.38. The summed E-state index contributed by atoms with van der Waals surface area (Å²) >= 11 is 0. The van der Waals surface area contributed by atoms with Crippen LogP contribution in [-0.4, -0.2) is 46.2 Å². The molecule has 0 aromatic carbocycles. The topological polar surface area (TPSA) is 76.6 Å². The maximum Gasteiger partial charge on any atom is 0.163 e. The monoisotopic (exact) mass is 264 g/mol. The van der Waals surface area contributed by atoms with Gasteiger partial charge in [0.1, 0.15) is 12.1 Å². The highest BCUT2D eigenvalue weighted by atomic mass is 16.3. The number of ketones is 1. The molecule has 6 heteroatoms. The fourth-order valence-electron chi connectivity index (χ4n) is 3.63. The zero-order valence-electron chi connectivity index (χ0n) is 11.2. The third-order valence-electron chi connectivity index (χ3n) is 4.48. The summed E-state index contributed by atoms with van der Waals surface area (Å²) in [6.07, 6.45) is -0.593. The van der Waals surface area contributed by atoms with E-state index < -0.39 is 17.8 Å². The summed E-state index contributed by atoms with van der Waals surface area (Å²) in [5, 5.41) is 20.2. The van der Waals surface area contributed by atoms with Gasteiger partial charge in [0.2, 0.25) is 0 Å². The molecule has 1 spiro atoms. The first-order valence-corrected chi connectivity index (χ1v) is 6.53. The predicted molar refractivity (Wildman–Crippen MR) is 70.6 cm³/mol. The Bertz CT molecular complexity index is 477. The van der Waals surface area contributed by atoms with Gasteiger partial charge in [-0.05, 0) is 6.92 Å². The van der Waals surface area contributed by atoms with Crippen molar-refractivity contribution in [2.45, 2.75) is 37.7 Å². The first-order chi connectivity index (χ1) is 8.87. The normalized spacial score (nSPS) is 44.1. The molecule has 0 aliphatic carbocycles. The number of nitrogens with one attached hydrogen (secondary N) is 3. The molecule has 0 bridgehead atoms. The van der Waals surface area contributed by atoms with Gasteiger partial charge in [-0.15, -0.1) is 0 Å². The molecule has 6 nitrogen and oxygen atoms in total. The number of carbonyl (C=O) groups is 1. The quantitative estimate of drug-likeness (QED) is 0.490. The average molecular weight is 264 g/mol. The van der Waals surface area contributed by atoms with E-state index in [-0.39, 0.29) is 17.7 Å². The highest BCUT2D eigenvalue weighted by Crippen LogP contribution is 2.43. The van der Waals surface area contributed by atoms with E-state index in [4.69, 9.17) is 0 Å². The number of carbonyl (C=O) groups excluding carboxylic acids is 1. The lowest BCUT2D eigenvalue weighted by atomic mass is 9.84. The maximum absolute atomic E-state index is 11.9. The first-order valence-electron chi connectivity index (χ1n) is 6.53.